The van der Waals surface area contributed by atoms with Crippen LogP contribution in [0.25, 0.3) is 0 Å². The third-order valence-corrected chi connectivity index (χ3v) is 6.01. The molecule has 0 fully saturated rings. The van der Waals surface area contributed by atoms with Crippen LogP contribution in [0.4, 0.5) is 0 Å². The average Bonchev–Trinajstić information content (AvgIpc) is 2.79. The van der Waals surface area contributed by atoms with Crippen molar-refractivity contribution in [3.05, 3.63) is 15.8 Å². The van der Waals surface area contributed by atoms with Crippen molar-refractivity contribution in [1.29, 1.82) is 0 Å². The molecular formula is C12H18N2O5S2. The van der Waals surface area contributed by atoms with Crippen LogP contribution in [-0.4, -0.2) is 64.3 Å². The molecule has 0 aromatic carbocycles. The van der Waals surface area contributed by atoms with E-state index >= 15 is 0 Å². The second-order valence-electron chi connectivity index (χ2n) is 4.62. The Balaban J connectivity index is 3.22. The van der Waals surface area contributed by atoms with Crippen LogP contribution in [0.1, 0.15) is 15.2 Å². The summed E-state index contributed by atoms with van der Waals surface area (Å²) in [6.45, 7) is 1.29. The van der Waals surface area contributed by atoms with Gasteiger partial charge in [-0.3, -0.25) is 4.79 Å². The molecule has 1 amide bonds. The molecule has 0 unspecified atom stereocenters. The number of carbonyl (C=O) groups is 2. The molecular weight excluding hydrogens is 316 g/mol. The lowest BCUT2D eigenvalue weighted by atomic mass is 10.3. The molecule has 0 radical (unpaired) electrons. The first-order valence-corrected chi connectivity index (χ1v) is 8.27. The van der Waals surface area contributed by atoms with Crippen LogP contribution < -0.4 is 0 Å². The Hall–Kier alpha value is -1.45. The maximum atomic E-state index is 12.6. The predicted molar refractivity (Wildman–Crippen MR) is 78.9 cm³/mol. The van der Waals surface area contributed by atoms with E-state index in [0.29, 0.717) is 5.56 Å². The number of amides is 1. The first kappa shape index (κ1) is 17.6. The third-order valence-electron chi connectivity index (χ3n) is 2.81. The molecule has 1 rings (SSSR count). The summed E-state index contributed by atoms with van der Waals surface area (Å²) >= 11 is 1.00. The molecule has 0 aliphatic rings. The van der Waals surface area contributed by atoms with Crippen LogP contribution in [0.2, 0.25) is 0 Å². The lowest BCUT2D eigenvalue weighted by Gasteiger charge is -2.19. The number of aryl methyl sites for hydroxylation is 1. The van der Waals surface area contributed by atoms with E-state index in [1.54, 1.807) is 26.4 Å². The molecule has 0 N–H and O–H groups in total. The fraction of sp³-hybridized carbons (Fsp3) is 0.500. The van der Waals surface area contributed by atoms with Gasteiger partial charge in [0.05, 0.1) is 13.7 Å². The molecule has 0 aliphatic carbocycles. The van der Waals surface area contributed by atoms with Gasteiger partial charge in [-0.1, -0.05) is 0 Å². The van der Waals surface area contributed by atoms with Crippen molar-refractivity contribution >= 4 is 33.2 Å². The summed E-state index contributed by atoms with van der Waals surface area (Å²) < 4.78 is 30.7. The molecule has 0 bridgehead atoms. The van der Waals surface area contributed by atoms with Gasteiger partial charge in [0.2, 0.25) is 15.9 Å². The quantitative estimate of drug-likeness (QED) is 0.734. The zero-order valence-corrected chi connectivity index (χ0v) is 14.2. The van der Waals surface area contributed by atoms with Crippen molar-refractivity contribution in [2.24, 2.45) is 0 Å². The summed E-state index contributed by atoms with van der Waals surface area (Å²) in [7, 11) is 1.62. The van der Waals surface area contributed by atoms with Gasteiger partial charge in [-0.2, -0.15) is 4.31 Å². The average molecular weight is 334 g/mol. The van der Waals surface area contributed by atoms with Gasteiger partial charge in [0.1, 0.15) is 9.77 Å². The first-order valence-electron chi connectivity index (χ1n) is 5.95. The number of nitrogens with zero attached hydrogens (tertiary/aromatic N) is 2. The highest BCUT2D eigenvalue weighted by Gasteiger charge is 2.31. The zero-order chi connectivity index (χ0) is 16.4. The number of esters is 1. The largest absolute Gasteiger partial charge is 0.465 e. The van der Waals surface area contributed by atoms with Gasteiger partial charge >= 0.3 is 5.97 Å². The highest BCUT2D eigenvalue weighted by Crippen LogP contribution is 2.29. The maximum absolute atomic E-state index is 12.6. The Kier molecular flexibility index (Phi) is 5.48. The van der Waals surface area contributed by atoms with Crippen LogP contribution in [0.5, 0.6) is 0 Å². The van der Waals surface area contributed by atoms with Crippen molar-refractivity contribution in [1.82, 2.24) is 9.21 Å². The van der Waals surface area contributed by atoms with E-state index in [-0.39, 0.29) is 22.2 Å². The smallest absolute Gasteiger partial charge is 0.349 e. The zero-order valence-electron chi connectivity index (χ0n) is 12.5. The van der Waals surface area contributed by atoms with E-state index in [4.69, 9.17) is 0 Å². The highest BCUT2D eigenvalue weighted by atomic mass is 32.2. The summed E-state index contributed by atoms with van der Waals surface area (Å²) in [6, 6.07) is 0. The summed E-state index contributed by atoms with van der Waals surface area (Å²) in [5.74, 6) is -1.06. The fourth-order valence-electron chi connectivity index (χ4n) is 1.56. The molecule has 1 heterocycles. The van der Waals surface area contributed by atoms with Crippen LogP contribution >= 0.6 is 11.3 Å². The Labute approximate surface area is 128 Å². The molecule has 1 aromatic rings. The van der Waals surface area contributed by atoms with Gasteiger partial charge in [0.15, 0.2) is 0 Å². The SMILES string of the molecule is COC(=O)c1scc(C)c1S(=O)(=O)N(C)CC(=O)N(C)C. The molecule has 0 aliphatic heterocycles. The van der Waals surface area contributed by atoms with E-state index in [9.17, 15) is 18.0 Å². The predicted octanol–water partition coefficient (Wildman–Crippen LogP) is 0.552. The number of likely N-dealkylation sites (N-methyl/N-ethyl adjacent to an activating group) is 2. The second-order valence-corrected chi connectivity index (χ2v) is 7.48. The molecule has 9 heteroatoms. The van der Waals surface area contributed by atoms with E-state index in [2.05, 4.69) is 4.74 Å². The number of carbonyl (C=O) groups excluding carboxylic acids is 2. The summed E-state index contributed by atoms with van der Waals surface area (Å²) in [6.07, 6.45) is 0. The Morgan fingerprint density at radius 3 is 2.33 bits per heavy atom. The molecule has 1 aromatic heterocycles. The standard InChI is InChI=1S/C12H18N2O5S2/c1-8-7-20-10(12(16)19-5)11(8)21(17,18)14(4)6-9(15)13(2)3/h7H,6H2,1-5H3. The molecule has 0 atom stereocenters. The molecule has 0 saturated carbocycles. The van der Waals surface area contributed by atoms with Crippen LogP contribution in [0, 0.1) is 6.92 Å². The number of hydrogen-bond donors (Lipinski definition) is 0. The normalized spacial score (nSPS) is 11.5. The molecule has 7 nitrogen and oxygen atoms in total. The topological polar surface area (TPSA) is 84.0 Å². The minimum Gasteiger partial charge on any atom is -0.465 e. The van der Waals surface area contributed by atoms with Crippen molar-refractivity contribution in [3.63, 3.8) is 0 Å². The van der Waals surface area contributed by atoms with Gasteiger partial charge in [-0.25, -0.2) is 13.2 Å². The van der Waals surface area contributed by atoms with Crippen molar-refractivity contribution in [2.75, 3.05) is 34.8 Å². The van der Waals surface area contributed by atoms with Crippen LogP contribution in [0.3, 0.4) is 0 Å². The fourth-order valence-corrected chi connectivity index (χ4v) is 4.33. The Morgan fingerprint density at radius 2 is 1.86 bits per heavy atom. The van der Waals surface area contributed by atoms with Crippen LogP contribution in [0.15, 0.2) is 10.3 Å². The number of sulfonamides is 1. The van der Waals surface area contributed by atoms with E-state index in [1.165, 1.54) is 19.1 Å². The monoisotopic (exact) mass is 334 g/mol. The van der Waals surface area contributed by atoms with Crippen LogP contribution in [-0.2, 0) is 19.6 Å². The van der Waals surface area contributed by atoms with Gasteiger partial charge in [-0.05, 0) is 17.9 Å². The van der Waals surface area contributed by atoms with Crippen molar-refractivity contribution in [3.8, 4) is 0 Å². The summed E-state index contributed by atoms with van der Waals surface area (Å²) in [5.41, 5.74) is 0.449. The van der Waals surface area contributed by atoms with Gasteiger partial charge in [0.25, 0.3) is 0 Å². The molecule has 118 valence electrons. The van der Waals surface area contributed by atoms with Crippen molar-refractivity contribution < 1.29 is 22.7 Å². The maximum Gasteiger partial charge on any atom is 0.349 e. The number of methoxy groups -OCH3 is 1. The lowest BCUT2D eigenvalue weighted by Crippen LogP contribution is -2.38. The lowest BCUT2D eigenvalue weighted by molar-refractivity contribution is -0.128. The molecule has 21 heavy (non-hydrogen) atoms. The minimum absolute atomic E-state index is 0.0131. The summed E-state index contributed by atoms with van der Waals surface area (Å²) in [5, 5.41) is 1.57. The number of rotatable bonds is 5. The Morgan fingerprint density at radius 1 is 1.29 bits per heavy atom. The number of thiophene rings is 1. The molecule has 0 saturated heterocycles. The van der Waals surface area contributed by atoms with E-state index < -0.39 is 16.0 Å². The van der Waals surface area contributed by atoms with E-state index in [0.717, 1.165) is 15.6 Å². The number of ether oxygens (including phenoxy) is 1. The third kappa shape index (κ3) is 3.60. The molecule has 0 spiro atoms. The minimum atomic E-state index is -3.95. The first-order chi connectivity index (χ1) is 9.62. The van der Waals surface area contributed by atoms with Gasteiger partial charge in [-0.15, -0.1) is 11.3 Å². The summed E-state index contributed by atoms with van der Waals surface area (Å²) in [4.78, 5) is 24.5. The Bertz CT molecular complexity index is 649. The van der Waals surface area contributed by atoms with Crippen molar-refractivity contribution in [2.45, 2.75) is 11.8 Å². The van der Waals surface area contributed by atoms with E-state index in [1.807, 2.05) is 0 Å². The van der Waals surface area contributed by atoms with Gasteiger partial charge < -0.3 is 9.64 Å². The van der Waals surface area contributed by atoms with Gasteiger partial charge in [0, 0.05) is 21.1 Å². The highest BCUT2D eigenvalue weighted by molar-refractivity contribution is 7.89. The number of hydrogen-bond acceptors (Lipinski definition) is 6. The second kappa shape index (κ2) is 6.54.